The number of amides is 5. The number of para-hydroxylation sites is 2. The highest BCUT2D eigenvalue weighted by atomic mass is 32.1. The summed E-state index contributed by atoms with van der Waals surface area (Å²) in [5.41, 5.74) is 17.9. The summed E-state index contributed by atoms with van der Waals surface area (Å²) in [5, 5.41) is 23.3. The van der Waals surface area contributed by atoms with Gasteiger partial charge in [0, 0.05) is 62.9 Å². The first kappa shape index (κ1) is 56.4. The summed E-state index contributed by atoms with van der Waals surface area (Å²) in [7, 11) is 1.80. The van der Waals surface area contributed by atoms with Gasteiger partial charge in [-0.05, 0) is 50.5 Å². The smallest absolute Gasteiger partial charge is 0.309 e. The average molecular weight is 1110 g/mol. The Morgan fingerprint density at radius 2 is 1.50 bits per heavy atom. The summed E-state index contributed by atoms with van der Waals surface area (Å²) in [4.78, 5) is 108. The normalized spacial score (nSPS) is 13.2. The van der Waals surface area contributed by atoms with E-state index >= 15 is 0 Å². The number of aromatic nitrogens is 9. The molecular weight excluding hydrogens is 1060 g/mol. The number of carbonyl (C=O) groups is 6. The predicted octanol–water partition coefficient (Wildman–Crippen LogP) is 3.62. The summed E-state index contributed by atoms with van der Waals surface area (Å²) < 4.78 is 13.5. The number of nitrogens with zero attached hydrogens (tertiary/aromatic N) is 12. The van der Waals surface area contributed by atoms with Crippen molar-refractivity contribution in [2.75, 3.05) is 61.8 Å². The van der Waals surface area contributed by atoms with E-state index in [0.29, 0.717) is 99.3 Å². The maximum atomic E-state index is 12.5. The topological polar surface area (TPSA) is 342 Å². The molecule has 0 spiro atoms. The van der Waals surface area contributed by atoms with Crippen LogP contribution in [0.15, 0.2) is 96.8 Å². The first-order valence-electron chi connectivity index (χ1n) is 25.2. The van der Waals surface area contributed by atoms with E-state index in [-0.39, 0.29) is 59.4 Å². The Morgan fingerprint density at radius 1 is 0.787 bits per heavy atom. The lowest BCUT2D eigenvalue weighted by Gasteiger charge is -2.30. The van der Waals surface area contributed by atoms with Crippen molar-refractivity contribution in [1.82, 2.24) is 70.9 Å². The van der Waals surface area contributed by atoms with E-state index in [0.717, 1.165) is 21.9 Å². The minimum Gasteiger partial charge on any atom is -0.466 e. The third-order valence-electron chi connectivity index (χ3n) is 12.3. The predicted molar refractivity (Wildman–Crippen MR) is 291 cm³/mol. The number of esters is 1. The number of aryl methyl sites for hydroxylation is 2. The number of nitrogens with one attached hydrogen (secondary N) is 6. The van der Waals surface area contributed by atoms with Crippen LogP contribution in [0.4, 0.5) is 22.6 Å². The molecule has 0 atom stereocenters. The fourth-order valence-electron chi connectivity index (χ4n) is 8.29. The largest absolute Gasteiger partial charge is 0.466 e. The SMILES string of the molecule is CCOC(=O)C1CCN(C(=O)CCC(=O)NNc2nc3ccccc3c3nc(C)nn23)CC1.Cn1ncc2c(NNC(=O)Cc3ccccc3)ncnc21.O=C(NNC(=O)c1ccccc1[N+](=O)[O-])c1csc(N2CCOCC2)n1. The molecule has 0 unspecified atom stereocenters. The first-order valence-corrected chi connectivity index (χ1v) is 26.1. The van der Waals surface area contributed by atoms with Gasteiger partial charge in [0.15, 0.2) is 22.2 Å². The second kappa shape index (κ2) is 27.0. The highest BCUT2D eigenvalue weighted by molar-refractivity contribution is 7.14. The molecule has 0 aliphatic carbocycles. The Bertz CT molecular complexity index is 3510. The zero-order valence-corrected chi connectivity index (χ0v) is 44.5. The van der Waals surface area contributed by atoms with E-state index < -0.39 is 16.7 Å². The molecule has 0 bridgehead atoms. The molecule has 10 rings (SSSR count). The van der Waals surface area contributed by atoms with Crippen LogP contribution in [0.25, 0.3) is 27.6 Å². The monoisotopic (exact) mass is 1110 g/mol. The number of anilines is 3. The van der Waals surface area contributed by atoms with Crippen molar-refractivity contribution in [2.45, 2.75) is 46.0 Å². The number of likely N-dealkylation sites (tertiary alicyclic amines) is 1. The molecule has 2 aliphatic heterocycles. The molecule has 416 valence electrons. The summed E-state index contributed by atoms with van der Waals surface area (Å²) in [6, 6.07) is 22.6. The molecule has 3 aromatic carbocycles. The van der Waals surface area contributed by atoms with Crippen LogP contribution in [0, 0.1) is 23.0 Å². The fraction of sp³-hybridized carbons (Fsp3) is 0.314. The average Bonchev–Trinajstić information content (AvgIpc) is 4.26. The summed E-state index contributed by atoms with van der Waals surface area (Å²) in [6.07, 6.45) is 4.65. The number of fused-ring (bicyclic) bond motifs is 4. The van der Waals surface area contributed by atoms with Gasteiger partial charge in [-0.1, -0.05) is 54.6 Å². The fourth-order valence-corrected chi connectivity index (χ4v) is 9.14. The van der Waals surface area contributed by atoms with Gasteiger partial charge < -0.3 is 19.3 Å². The number of ether oxygens (including phenoxy) is 2. The number of nitro groups is 1. The van der Waals surface area contributed by atoms with Crippen LogP contribution >= 0.6 is 11.3 Å². The highest BCUT2D eigenvalue weighted by Gasteiger charge is 2.28. The molecule has 2 aliphatic rings. The highest BCUT2D eigenvalue weighted by Crippen LogP contribution is 2.24. The molecule has 5 aromatic heterocycles. The number of benzene rings is 3. The van der Waals surface area contributed by atoms with Gasteiger partial charge in [-0.2, -0.15) is 9.61 Å². The number of hydrazine groups is 3. The number of hydrogen-bond donors (Lipinski definition) is 6. The molecule has 29 heteroatoms. The minimum atomic E-state index is -0.783. The number of morpholine rings is 1. The molecule has 80 heavy (non-hydrogen) atoms. The maximum absolute atomic E-state index is 12.5. The molecule has 7 heterocycles. The second-order valence-electron chi connectivity index (χ2n) is 17.8. The number of hydrogen-bond acceptors (Lipinski definition) is 21. The summed E-state index contributed by atoms with van der Waals surface area (Å²) in [5.74, 6) is -0.907. The van der Waals surface area contributed by atoms with Crippen molar-refractivity contribution in [3.05, 3.63) is 130 Å². The van der Waals surface area contributed by atoms with E-state index in [1.54, 1.807) is 42.1 Å². The van der Waals surface area contributed by atoms with Gasteiger partial charge >= 0.3 is 5.97 Å². The van der Waals surface area contributed by atoms with Crippen LogP contribution < -0.4 is 37.5 Å². The molecule has 5 amide bonds. The third kappa shape index (κ3) is 14.6. The lowest BCUT2D eigenvalue weighted by molar-refractivity contribution is -0.385. The van der Waals surface area contributed by atoms with Crippen LogP contribution in [0.3, 0.4) is 0 Å². The van der Waals surface area contributed by atoms with Crippen molar-refractivity contribution in [1.29, 1.82) is 0 Å². The summed E-state index contributed by atoms with van der Waals surface area (Å²) in [6.45, 7) is 7.51. The van der Waals surface area contributed by atoms with E-state index in [9.17, 15) is 38.9 Å². The number of thiazole rings is 1. The number of nitro benzene ring substituents is 1. The van der Waals surface area contributed by atoms with Gasteiger partial charge in [0.25, 0.3) is 17.5 Å². The van der Waals surface area contributed by atoms with Crippen molar-refractivity contribution < 1.29 is 43.2 Å². The molecule has 28 nitrogen and oxygen atoms in total. The van der Waals surface area contributed by atoms with Crippen molar-refractivity contribution in [3.8, 4) is 0 Å². The lowest BCUT2D eigenvalue weighted by Crippen LogP contribution is -2.42. The number of carbonyl (C=O) groups excluding carboxylic acids is 6. The zero-order chi connectivity index (χ0) is 56.5. The molecule has 6 N–H and O–H groups in total. The Hall–Kier alpha value is -9.77. The van der Waals surface area contributed by atoms with Gasteiger partial charge in [-0.25, -0.2) is 24.9 Å². The number of piperidine rings is 1. The Labute approximate surface area is 459 Å². The van der Waals surface area contributed by atoms with Crippen LogP contribution in [-0.4, -0.2) is 136 Å². The van der Waals surface area contributed by atoms with E-state index in [1.165, 1.54) is 46.4 Å². The molecular formula is C51H56N18O10S. The maximum Gasteiger partial charge on any atom is 0.309 e. The van der Waals surface area contributed by atoms with Crippen LogP contribution in [0.2, 0.25) is 0 Å². The van der Waals surface area contributed by atoms with Crippen LogP contribution in [0.5, 0.6) is 0 Å². The lowest BCUT2D eigenvalue weighted by atomic mass is 9.97. The van der Waals surface area contributed by atoms with Gasteiger partial charge in [0.2, 0.25) is 23.7 Å². The van der Waals surface area contributed by atoms with Gasteiger partial charge in [-0.15, -0.1) is 16.4 Å². The quantitative estimate of drug-likeness (QED) is 0.0485. The standard InChI is InChI=1S/C22H27N7O4.C15H15N5O5S.C14H14N6O/c1-3-33-21(32)15-10-12-28(13-11-15)19(31)9-8-18(30)25-26-22-24-17-7-5-4-6-16(17)20-23-14(2)27-29(20)22;21-13(10-3-1-2-4-12(10)20(23)24)17-18-14(22)11-9-26-15(16-11)19-5-7-25-8-6-19;1-20-14-11(8-17-20)13(15-9-16-14)19-18-12(21)7-10-5-3-2-4-6-10/h4-7,15H,3,8-13H2,1-2H3,(H,24,26)(H,25,30);1-4,9H,5-8H2,(H,17,21)(H,18,22);2-6,8-9H,7H2,1H3,(H,18,21)(H,15,16,19). The van der Waals surface area contributed by atoms with Gasteiger partial charge in [0.1, 0.15) is 23.4 Å². The summed E-state index contributed by atoms with van der Waals surface area (Å²) >= 11 is 1.32. The van der Waals surface area contributed by atoms with E-state index in [2.05, 4.69) is 67.7 Å². The van der Waals surface area contributed by atoms with E-state index in [1.807, 2.05) is 59.5 Å². The molecule has 2 fully saturated rings. The molecule has 2 saturated heterocycles. The zero-order valence-electron chi connectivity index (χ0n) is 43.7. The van der Waals surface area contributed by atoms with Gasteiger partial charge in [-0.3, -0.25) is 76.1 Å². The van der Waals surface area contributed by atoms with Crippen LogP contribution in [-0.2, 0) is 42.1 Å². The van der Waals surface area contributed by atoms with E-state index in [4.69, 9.17) is 9.47 Å². The van der Waals surface area contributed by atoms with Crippen molar-refractivity contribution in [2.24, 2.45) is 13.0 Å². The van der Waals surface area contributed by atoms with Crippen molar-refractivity contribution in [3.63, 3.8) is 0 Å². The van der Waals surface area contributed by atoms with Crippen molar-refractivity contribution >= 4 is 97.0 Å². The third-order valence-corrected chi connectivity index (χ3v) is 13.2. The minimum absolute atomic E-state index is 0.0246. The first-order chi connectivity index (χ1) is 38.8. The Kier molecular flexibility index (Phi) is 19.1. The molecule has 0 saturated carbocycles. The Balaban J connectivity index is 0.000000162. The van der Waals surface area contributed by atoms with Gasteiger partial charge in [0.05, 0.1) is 54.2 Å². The molecule has 0 radical (unpaired) electrons. The second-order valence-corrected chi connectivity index (χ2v) is 18.6. The Morgan fingerprint density at radius 3 is 2.26 bits per heavy atom. The van der Waals surface area contributed by atoms with Crippen LogP contribution in [0.1, 0.15) is 64.8 Å². The molecule has 8 aromatic rings. The number of rotatable bonds is 15.